The molecule has 0 aliphatic heterocycles. The van der Waals surface area contributed by atoms with Crippen molar-refractivity contribution in [3.63, 3.8) is 0 Å². The molecule has 0 atom stereocenters. The second-order valence-corrected chi connectivity index (χ2v) is 12.2. The first-order valence-corrected chi connectivity index (χ1v) is 14.8. The molecule has 212 valence electrons. The number of H-pyrrole nitrogens is 1. The van der Waals surface area contributed by atoms with Gasteiger partial charge in [-0.3, -0.25) is 18.6 Å². The molecule has 1 heterocycles. The first-order chi connectivity index (χ1) is 18.4. The minimum atomic E-state index is -5.22. The third-order valence-electron chi connectivity index (χ3n) is 4.97. The molecule has 0 fully saturated rings. The Bertz CT molecular complexity index is 2130. The summed E-state index contributed by atoms with van der Waals surface area (Å²) in [5.74, 6) is -1.58. The molecule has 0 saturated heterocycles. The number of hydrogen-bond donors (Lipinski definition) is 6. The number of fused-ring (bicyclic) bond motifs is 1. The van der Waals surface area contributed by atoms with Crippen molar-refractivity contribution in [1.82, 2.24) is 15.0 Å². The van der Waals surface area contributed by atoms with Gasteiger partial charge in [-0.1, -0.05) is 12.1 Å². The molecule has 17 nitrogen and oxygen atoms in total. The van der Waals surface area contributed by atoms with E-state index in [-0.39, 0.29) is 80.9 Å². The Hall–Kier alpha value is -1.41. The van der Waals surface area contributed by atoms with Crippen molar-refractivity contribution < 1.29 is 44.0 Å². The Kier molecular flexibility index (Phi) is 12.0. The summed E-state index contributed by atoms with van der Waals surface area (Å²) in [7, 11) is -15.0. The molecule has 4 aromatic rings. The van der Waals surface area contributed by atoms with Crippen molar-refractivity contribution in [3.05, 3.63) is 58.2 Å². The van der Waals surface area contributed by atoms with Crippen molar-refractivity contribution >= 4 is 157 Å². The molecule has 4 rings (SSSR count). The second kappa shape index (κ2) is 13.7. The van der Waals surface area contributed by atoms with E-state index in [1.807, 2.05) is 4.98 Å². The zero-order chi connectivity index (χ0) is 29.6. The molecular formula is C19H13ClKN6NaO11S3. The molecule has 0 aliphatic carbocycles. The maximum atomic E-state index is 12.2. The number of phenols is 1. The van der Waals surface area contributed by atoms with Crippen molar-refractivity contribution in [1.29, 1.82) is 0 Å². The second-order valence-electron chi connectivity index (χ2n) is 7.63. The molecule has 3 aromatic carbocycles. The summed E-state index contributed by atoms with van der Waals surface area (Å²) in [6, 6.07) is 6.75. The summed E-state index contributed by atoms with van der Waals surface area (Å²) < 4.78 is 100. The van der Waals surface area contributed by atoms with Gasteiger partial charge in [-0.2, -0.15) is 35.2 Å². The maximum Gasteiger partial charge on any atom is 0.350 e. The number of nitrogens with one attached hydrogen (secondary N) is 2. The Morgan fingerprint density at radius 3 is 2.05 bits per heavy atom. The minimum absolute atomic E-state index is 0. The molecular weight excluding hydrogens is 682 g/mol. The van der Waals surface area contributed by atoms with Crippen LogP contribution < -0.4 is 11.0 Å². The van der Waals surface area contributed by atoms with Gasteiger partial charge >= 0.3 is 5.69 Å². The zero-order valence-electron chi connectivity index (χ0n) is 21.1. The Morgan fingerprint density at radius 1 is 0.857 bits per heavy atom. The van der Waals surface area contributed by atoms with Gasteiger partial charge in [0.2, 0.25) is 11.2 Å². The monoisotopic (exact) mass is 694 g/mol. The molecule has 0 bridgehead atoms. The van der Waals surface area contributed by atoms with Crippen LogP contribution in [0.5, 0.6) is 5.75 Å². The van der Waals surface area contributed by atoms with Gasteiger partial charge in [-0.05, 0) is 47.3 Å². The minimum Gasteiger partial charge on any atom is -0.505 e. The Morgan fingerprint density at radius 2 is 1.48 bits per heavy atom. The largest absolute Gasteiger partial charge is 0.505 e. The topological polar surface area (TPSA) is 279 Å². The van der Waals surface area contributed by atoms with Crippen LogP contribution in [0.1, 0.15) is 0 Å². The number of nitrogens with zero attached hydrogens (tertiary/aromatic N) is 4. The molecule has 0 spiro atoms. The van der Waals surface area contributed by atoms with E-state index >= 15 is 0 Å². The molecule has 0 saturated carbocycles. The number of aromatic amines is 1. The smallest absolute Gasteiger partial charge is 0.350 e. The van der Waals surface area contributed by atoms with Gasteiger partial charge < -0.3 is 10.4 Å². The third kappa shape index (κ3) is 8.39. The van der Waals surface area contributed by atoms with Gasteiger partial charge in [0.05, 0.1) is 10.6 Å². The average Bonchev–Trinajstić information content (AvgIpc) is 2.80. The first kappa shape index (κ1) is 36.8. The van der Waals surface area contributed by atoms with Gasteiger partial charge in [0.15, 0.2) is 5.75 Å². The van der Waals surface area contributed by atoms with Crippen LogP contribution in [0.3, 0.4) is 0 Å². The Labute approximate surface area is 305 Å². The number of anilines is 2. The van der Waals surface area contributed by atoms with E-state index in [4.69, 9.17) is 11.6 Å². The van der Waals surface area contributed by atoms with Crippen LogP contribution in [-0.4, -0.2) is 140 Å². The fourth-order valence-electron chi connectivity index (χ4n) is 3.40. The van der Waals surface area contributed by atoms with Crippen molar-refractivity contribution in [2.75, 3.05) is 5.32 Å². The summed E-state index contributed by atoms with van der Waals surface area (Å²) in [6.07, 6.45) is 0. The predicted octanol–water partition coefficient (Wildman–Crippen LogP) is 1.81. The van der Waals surface area contributed by atoms with Gasteiger partial charge in [0, 0.05) is 86.3 Å². The fourth-order valence-corrected chi connectivity index (χ4v) is 5.38. The van der Waals surface area contributed by atoms with Crippen LogP contribution in [0.15, 0.2) is 72.2 Å². The number of aromatic nitrogens is 3. The number of aromatic hydroxyl groups is 1. The third-order valence-corrected chi connectivity index (χ3v) is 7.75. The maximum absolute atomic E-state index is 12.2. The molecule has 2 radical (unpaired) electrons. The summed E-state index contributed by atoms with van der Waals surface area (Å²) in [6.45, 7) is 0. The quantitative estimate of drug-likeness (QED) is 0.0914. The normalized spacial score (nSPS) is 12.1. The van der Waals surface area contributed by atoms with Gasteiger partial charge in [0.25, 0.3) is 30.4 Å². The molecule has 0 aliphatic rings. The number of benzene rings is 3. The fraction of sp³-hybridized carbons (Fsp3) is 0. The zero-order valence-corrected chi connectivity index (χ0v) is 29.4. The number of halogens is 1. The van der Waals surface area contributed by atoms with E-state index in [2.05, 4.69) is 25.5 Å². The standard InChI is InChI=1S/C19H13ClN6O11S3.K.Na/c20-17-22-18(24-19(28)23-17)21-11-7-9(38(29,30)31)5-8-6-13(40(35,36)37)15(16(27)14(8)11)26-25-10-3-1-2-4-12(10)39(32,33)34;;/h1-7,27H,(H,29,30,31)(H,32,33,34)(H,35,36,37)(H2,21,22,23,24,28);;. The van der Waals surface area contributed by atoms with Gasteiger partial charge in [-0.25, -0.2) is 4.79 Å². The van der Waals surface area contributed by atoms with Crippen LogP contribution in [0.25, 0.3) is 10.8 Å². The van der Waals surface area contributed by atoms with Crippen LogP contribution in [0.4, 0.5) is 23.0 Å². The van der Waals surface area contributed by atoms with E-state index in [0.29, 0.717) is 6.07 Å². The molecule has 0 unspecified atom stereocenters. The molecule has 42 heavy (non-hydrogen) atoms. The van der Waals surface area contributed by atoms with Gasteiger partial charge in [0.1, 0.15) is 21.2 Å². The molecule has 1 aromatic heterocycles. The van der Waals surface area contributed by atoms with E-state index in [1.54, 1.807) is 0 Å². The number of hydrogen-bond acceptors (Lipinski definition) is 13. The molecule has 0 amide bonds. The number of azo groups is 1. The summed E-state index contributed by atoms with van der Waals surface area (Å²) in [4.78, 5) is 18.2. The average molecular weight is 695 g/mol. The van der Waals surface area contributed by atoms with Crippen LogP contribution in [0.2, 0.25) is 5.28 Å². The summed E-state index contributed by atoms with van der Waals surface area (Å²) >= 11 is 5.70. The summed E-state index contributed by atoms with van der Waals surface area (Å²) in [5.41, 5.74) is -2.85. The molecule has 23 heteroatoms. The van der Waals surface area contributed by atoms with Crippen molar-refractivity contribution in [3.8, 4) is 5.75 Å². The first-order valence-electron chi connectivity index (χ1n) is 10.1. The van der Waals surface area contributed by atoms with Gasteiger partial charge in [-0.15, -0.1) is 10.2 Å². The van der Waals surface area contributed by atoms with Crippen molar-refractivity contribution in [2.24, 2.45) is 10.2 Å². The number of phenolic OH excluding ortho intramolecular Hbond substituents is 1. The van der Waals surface area contributed by atoms with E-state index in [0.717, 1.165) is 24.3 Å². The van der Waals surface area contributed by atoms with Crippen LogP contribution in [-0.2, 0) is 30.4 Å². The van der Waals surface area contributed by atoms with E-state index in [9.17, 15) is 48.8 Å². The van der Waals surface area contributed by atoms with Crippen LogP contribution >= 0.6 is 11.6 Å². The summed E-state index contributed by atoms with van der Waals surface area (Å²) in [5, 5.41) is 19.4. The Balaban J connectivity index is 0.00000308. The van der Waals surface area contributed by atoms with Crippen molar-refractivity contribution in [2.45, 2.75) is 14.7 Å². The van der Waals surface area contributed by atoms with Crippen LogP contribution in [0, 0.1) is 0 Å². The predicted molar refractivity (Wildman–Crippen MR) is 148 cm³/mol. The van der Waals surface area contributed by atoms with E-state index in [1.165, 1.54) is 12.1 Å². The SMILES string of the molecule is O=c1nc(Nc2cc(S(=O)(=O)O)cc3cc(S(=O)(=O)O)c(N=Nc4ccccc4S(=O)(=O)O)c(O)c23)nc(Cl)[nH]1.[K].[Na]. The van der Waals surface area contributed by atoms with E-state index < -0.39 is 95.5 Å². The number of rotatable bonds is 7. The molecule has 6 N–H and O–H groups in total.